The van der Waals surface area contributed by atoms with E-state index in [0.29, 0.717) is 41.3 Å². The van der Waals surface area contributed by atoms with Gasteiger partial charge in [-0.15, -0.1) is 0 Å². The predicted molar refractivity (Wildman–Crippen MR) is 117 cm³/mol. The number of imidazole rings is 1. The highest BCUT2D eigenvalue weighted by atomic mass is 35.5. The SMILES string of the molecule is COCCCN1C(=O)C(CC(=O)Nc2ccc(Cl)cc2Cl)n2c1nc1ccccc12. The van der Waals surface area contributed by atoms with Crippen LogP contribution in [0.25, 0.3) is 11.0 Å². The van der Waals surface area contributed by atoms with Crippen LogP contribution in [0.2, 0.25) is 10.0 Å². The Kier molecular flexibility index (Phi) is 5.94. The molecule has 156 valence electrons. The Hall–Kier alpha value is -2.61. The number of benzene rings is 2. The Labute approximate surface area is 183 Å². The average Bonchev–Trinajstić information content (AvgIpc) is 3.20. The Balaban J connectivity index is 1.61. The van der Waals surface area contributed by atoms with Gasteiger partial charge < -0.3 is 10.1 Å². The molecule has 2 heterocycles. The van der Waals surface area contributed by atoms with E-state index >= 15 is 0 Å². The standard InChI is InChI=1S/C21H20Cl2N4O3/c1-30-10-4-9-26-20(29)18(27-17-6-3-2-5-16(17)25-21(26)27)12-19(28)24-15-8-7-13(22)11-14(15)23/h2-3,5-8,11,18H,4,9-10,12H2,1H3,(H,24,28). The van der Waals surface area contributed by atoms with Gasteiger partial charge in [0.25, 0.3) is 5.91 Å². The monoisotopic (exact) mass is 446 g/mol. The molecule has 3 aromatic rings. The Morgan fingerprint density at radius 1 is 1.23 bits per heavy atom. The molecule has 7 nitrogen and oxygen atoms in total. The lowest BCUT2D eigenvalue weighted by atomic mass is 10.1. The number of nitrogens with one attached hydrogen (secondary N) is 1. The predicted octanol–water partition coefficient (Wildman–Crippen LogP) is 4.30. The van der Waals surface area contributed by atoms with Crippen LogP contribution in [0.4, 0.5) is 11.6 Å². The minimum atomic E-state index is -0.680. The van der Waals surface area contributed by atoms with Crippen molar-refractivity contribution in [2.75, 3.05) is 30.5 Å². The van der Waals surface area contributed by atoms with Crippen molar-refractivity contribution in [3.63, 3.8) is 0 Å². The van der Waals surface area contributed by atoms with E-state index in [1.807, 2.05) is 28.8 Å². The van der Waals surface area contributed by atoms with Crippen LogP contribution in [0.1, 0.15) is 18.9 Å². The minimum Gasteiger partial charge on any atom is -0.385 e. The maximum atomic E-state index is 13.2. The van der Waals surface area contributed by atoms with Crippen LogP contribution in [0.15, 0.2) is 42.5 Å². The van der Waals surface area contributed by atoms with Crippen LogP contribution in [-0.2, 0) is 14.3 Å². The molecule has 4 rings (SSSR count). The largest absolute Gasteiger partial charge is 0.385 e. The van der Waals surface area contributed by atoms with Crippen molar-refractivity contribution >= 4 is 57.7 Å². The van der Waals surface area contributed by atoms with E-state index in [1.54, 1.807) is 30.2 Å². The number of para-hydroxylation sites is 2. The van der Waals surface area contributed by atoms with Gasteiger partial charge in [0.05, 0.1) is 28.2 Å². The number of aromatic nitrogens is 2. The van der Waals surface area contributed by atoms with Crippen molar-refractivity contribution in [1.29, 1.82) is 0 Å². The number of hydrogen-bond acceptors (Lipinski definition) is 4. The van der Waals surface area contributed by atoms with Crippen LogP contribution in [-0.4, -0.2) is 41.6 Å². The second-order valence-corrected chi connectivity index (χ2v) is 7.84. The van der Waals surface area contributed by atoms with Gasteiger partial charge in [-0.3, -0.25) is 19.1 Å². The molecule has 0 spiro atoms. The summed E-state index contributed by atoms with van der Waals surface area (Å²) < 4.78 is 6.95. The summed E-state index contributed by atoms with van der Waals surface area (Å²) in [6.45, 7) is 1.00. The first-order valence-electron chi connectivity index (χ1n) is 9.52. The smallest absolute Gasteiger partial charge is 0.253 e. The van der Waals surface area contributed by atoms with Gasteiger partial charge in [-0.05, 0) is 36.8 Å². The van der Waals surface area contributed by atoms with Crippen molar-refractivity contribution < 1.29 is 14.3 Å². The highest BCUT2D eigenvalue weighted by Crippen LogP contribution is 2.37. The maximum Gasteiger partial charge on any atom is 0.253 e. The van der Waals surface area contributed by atoms with Crippen molar-refractivity contribution in [2.45, 2.75) is 18.9 Å². The summed E-state index contributed by atoms with van der Waals surface area (Å²) >= 11 is 12.1. The van der Waals surface area contributed by atoms with E-state index < -0.39 is 6.04 Å². The summed E-state index contributed by atoms with van der Waals surface area (Å²) in [6, 6.07) is 11.7. The number of rotatable bonds is 7. The van der Waals surface area contributed by atoms with Gasteiger partial charge in [-0.2, -0.15) is 0 Å². The Morgan fingerprint density at radius 2 is 2.03 bits per heavy atom. The summed E-state index contributed by atoms with van der Waals surface area (Å²) in [7, 11) is 1.62. The molecule has 30 heavy (non-hydrogen) atoms. The van der Waals surface area contributed by atoms with Gasteiger partial charge in [0, 0.05) is 25.3 Å². The van der Waals surface area contributed by atoms with Crippen LogP contribution in [0.5, 0.6) is 0 Å². The fraction of sp³-hybridized carbons (Fsp3) is 0.286. The van der Waals surface area contributed by atoms with Crippen LogP contribution in [0, 0.1) is 0 Å². The second-order valence-electron chi connectivity index (χ2n) is 7.00. The number of anilines is 2. The van der Waals surface area contributed by atoms with E-state index in [9.17, 15) is 9.59 Å². The molecule has 1 aliphatic rings. The second kappa shape index (κ2) is 8.63. The third-order valence-electron chi connectivity index (χ3n) is 5.00. The lowest BCUT2D eigenvalue weighted by Crippen LogP contribution is -2.32. The lowest BCUT2D eigenvalue weighted by Gasteiger charge is -2.16. The van der Waals surface area contributed by atoms with Gasteiger partial charge in [0.15, 0.2) is 0 Å². The summed E-state index contributed by atoms with van der Waals surface area (Å²) in [4.78, 5) is 32.2. The summed E-state index contributed by atoms with van der Waals surface area (Å²) in [5.74, 6) is 0.0800. The molecule has 0 bridgehead atoms. The van der Waals surface area contributed by atoms with E-state index in [4.69, 9.17) is 27.9 Å². The van der Waals surface area contributed by atoms with Crippen LogP contribution in [0.3, 0.4) is 0 Å². The quantitative estimate of drug-likeness (QED) is 0.548. The zero-order valence-electron chi connectivity index (χ0n) is 16.3. The highest BCUT2D eigenvalue weighted by molar-refractivity contribution is 6.36. The van der Waals surface area contributed by atoms with Crippen molar-refractivity contribution in [1.82, 2.24) is 9.55 Å². The maximum absolute atomic E-state index is 13.2. The molecular weight excluding hydrogens is 427 g/mol. The molecule has 0 aliphatic carbocycles. The van der Waals surface area contributed by atoms with Gasteiger partial charge in [-0.1, -0.05) is 35.3 Å². The molecule has 1 atom stereocenters. The minimum absolute atomic E-state index is 0.0358. The van der Waals surface area contributed by atoms with Gasteiger partial charge in [0.2, 0.25) is 11.9 Å². The Bertz CT molecular complexity index is 1110. The van der Waals surface area contributed by atoms with E-state index in [1.165, 1.54) is 0 Å². The molecule has 1 N–H and O–H groups in total. The van der Waals surface area contributed by atoms with Crippen molar-refractivity contribution in [2.24, 2.45) is 0 Å². The van der Waals surface area contributed by atoms with Gasteiger partial charge in [-0.25, -0.2) is 4.98 Å². The third-order valence-corrected chi connectivity index (χ3v) is 5.54. The number of hydrogen-bond donors (Lipinski definition) is 1. The van der Waals surface area contributed by atoms with Gasteiger partial charge in [0.1, 0.15) is 6.04 Å². The number of carbonyl (C=O) groups is 2. The molecule has 9 heteroatoms. The zero-order valence-corrected chi connectivity index (χ0v) is 17.8. The van der Waals surface area contributed by atoms with Crippen LogP contribution < -0.4 is 10.2 Å². The molecular formula is C21H20Cl2N4O3. The molecule has 1 aromatic heterocycles. The van der Waals surface area contributed by atoms with Crippen LogP contribution >= 0.6 is 23.2 Å². The number of amides is 2. The molecule has 2 amide bonds. The van der Waals surface area contributed by atoms with E-state index in [2.05, 4.69) is 10.3 Å². The summed E-state index contributed by atoms with van der Waals surface area (Å²) in [5.41, 5.74) is 2.05. The van der Waals surface area contributed by atoms with Gasteiger partial charge >= 0.3 is 0 Å². The third kappa shape index (κ3) is 3.88. The van der Waals surface area contributed by atoms with E-state index in [-0.39, 0.29) is 18.2 Å². The molecule has 0 saturated carbocycles. The molecule has 1 unspecified atom stereocenters. The lowest BCUT2D eigenvalue weighted by molar-refractivity contribution is -0.124. The van der Waals surface area contributed by atoms with E-state index in [0.717, 1.165) is 11.0 Å². The molecule has 0 radical (unpaired) electrons. The molecule has 2 aromatic carbocycles. The fourth-order valence-corrected chi connectivity index (χ4v) is 4.10. The molecule has 0 saturated heterocycles. The normalized spacial score (nSPS) is 15.6. The Morgan fingerprint density at radius 3 is 2.80 bits per heavy atom. The fourth-order valence-electron chi connectivity index (χ4n) is 3.64. The number of carbonyl (C=O) groups excluding carboxylic acids is 2. The molecule has 0 fully saturated rings. The highest BCUT2D eigenvalue weighted by Gasteiger charge is 2.40. The number of ether oxygens (including phenoxy) is 1. The van der Waals surface area contributed by atoms with Crippen molar-refractivity contribution in [3.8, 4) is 0 Å². The first-order valence-corrected chi connectivity index (χ1v) is 10.3. The summed E-state index contributed by atoms with van der Waals surface area (Å²) in [5, 5.41) is 3.58. The van der Waals surface area contributed by atoms with Crippen molar-refractivity contribution in [3.05, 3.63) is 52.5 Å². The first-order chi connectivity index (χ1) is 14.5. The summed E-state index contributed by atoms with van der Waals surface area (Å²) in [6.07, 6.45) is 0.636. The average molecular weight is 447 g/mol. The zero-order chi connectivity index (χ0) is 21.3. The number of fused-ring (bicyclic) bond motifs is 3. The molecule has 1 aliphatic heterocycles. The number of halogens is 2. The topological polar surface area (TPSA) is 76.5 Å². The first kappa shape index (κ1) is 20.7. The number of nitrogens with zero attached hydrogens (tertiary/aromatic N) is 3. The number of methoxy groups -OCH3 is 1.